The SMILES string of the molecule is CN1[C@H]2CC[C@H]1/C(=C\c1cccn1C)C(=O)/C2=C/c1cccn1C. The molecular formula is C20H23N3O. The normalized spacial score (nSPS) is 27.5. The van der Waals surface area contributed by atoms with E-state index in [2.05, 4.69) is 45.4 Å². The molecule has 2 aromatic rings. The van der Waals surface area contributed by atoms with Crippen LogP contribution in [0.4, 0.5) is 0 Å². The maximum absolute atomic E-state index is 13.2. The van der Waals surface area contributed by atoms with Gasteiger partial charge in [0.2, 0.25) is 0 Å². The number of aryl methyl sites for hydroxylation is 2. The lowest BCUT2D eigenvalue weighted by atomic mass is 9.89. The number of rotatable bonds is 2. The third kappa shape index (κ3) is 2.29. The number of carbonyl (C=O) groups excluding carboxylic acids is 1. The smallest absolute Gasteiger partial charge is 0.188 e. The Kier molecular flexibility index (Phi) is 3.57. The van der Waals surface area contributed by atoms with Crippen molar-refractivity contribution in [2.45, 2.75) is 24.9 Å². The Morgan fingerprint density at radius 2 is 1.33 bits per heavy atom. The van der Waals surface area contributed by atoms with Crippen molar-refractivity contribution in [1.82, 2.24) is 14.0 Å². The van der Waals surface area contributed by atoms with Crippen molar-refractivity contribution in [3.63, 3.8) is 0 Å². The molecule has 4 nitrogen and oxygen atoms in total. The summed E-state index contributed by atoms with van der Waals surface area (Å²) in [5, 5.41) is 0. The molecule has 2 aliphatic rings. The van der Waals surface area contributed by atoms with Crippen molar-refractivity contribution in [2.75, 3.05) is 7.05 Å². The topological polar surface area (TPSA) is 30.2 Å². The molecule has 0 amide bonds. The average molecular weight is 321 g/mol. The van der Waals surface area contributed by atoms with Crippen LogP contribution in [0.1, 0.15) is 24.2 Å². The molecule has 2 aliphatic heterocycles. The number of Topliss-reactive ketones (excluding diaryl/α,β-unsaturated/α-hetero) is 1. The molecule has 2 bridgehead atoms. The van der Waals surface area contributed by atoms with E-state index in [4.69, 9.17) is 0 Å². The van der Waals surface area contributed by atoms with Crippen LogP contribution in [0.25, 0.3) is 12.2 Å². The fourth-order valence-corrected chi connectivity index (χ4v) is 4.05. The maximum atomic E-state index is 13.2. The summed E-state index contributed by atoms with van der Waals surface area (Å²) in [7, 11) is 6.18. The molecule has 0 saturated carbocycles. The lowest BCUT2D eigenvalue weighted by molar-refractivity contribution is -0.114. The van der Waals surface area contributed by atoms with E-state index in [0.29, 0.717) is 0 Å². The fourth-order valence-electron chi connectivity index (χ4n) is 4.05. The standard InChI is InChI=1S/C20H23N3O/c1-21-10-4-6-14(21)12-16-18-8-9-19(23(18)3)17(20(16)24)13-15-7-5-11-22(15)2/h4-7,10-13,18-19H,8-9H2,1-3H3/b16-12+,17-13+/t18-,19-/m0/s1. The molecule has 4 heteroatoms. The second kappa shape index (κ2) is 5.64. The Bertz CT molecular complexity index is 784. The van der Waals surface area contributed by atoms with Crippen LogP contribution in [0.5, 0.6) is 0 Å². The van der Waals surface area contributed by atoms with Gasteiger partial charge >= 0.3 is 0 Å². The number of ketones is 1. The predicted molar refractivity (Wildman–Crippen MR) is 96.4 cm³/mol. The molecule has 2 atom stereocenters. The predicted octanol–water partition coefficient (Wildman–Crippen LogP) is 2.88. The van der Waals surface area contributed by atoms with Crippen LogP contribution in [0.15, 0.2) is 47.8 Å². The Labute approximate surface area is 142 Å². The van der Waals surface area contributed by atoms with E-state index in [1.807, 2.05) is 38.6 Å². The zero-order valence-corrected chi connectivity index (χ0v) is 14.4. The van der Waals surface area contributed by atoms with Crippen molar-refractivity contribution >= 4 is 17.9 Å². The third-order valence-corrected chi connectivity index (χ3v) is 5.51. The molecule has 0 aromatic carbocycles. The van der Waals surface area contributed by atoms with Crippen molar-refractivity contribution < 1.29 is 4.79 Å². The van der Waals surface area contributed by atoms with E-state index < -0.39 is 0 Å². The van der Waals surface area contributed by atoms with Crippen molar-refractivity contribution in [3.05, 3.63) is 59.2 Å². The minimum absolute atomic E-state index is 0.211. The van der Waals surface area contributed by atoms with Gasteiger partial charge in [0.05, 0.1) is 0 Å². The van der Waals surface area contributed by atoms with Gasteiger partial charge in [-0.2, -0.15) is 0 Å². The van der Waals surface area contributed by atoms with E-state index in [-0.39, 0.29) is 17.9 Å². The van der Waals surface area contributed by atoms with Gasteiger partial charge in [-0.25, -0.2) is 0 Å². The summed E-state index contributed by atoms with van der Waals surface area (Å²) in [4.78, 5) is 15.6. The fraction of sp³-hybridized carbons (Fsp3) is 0.350. The lowest BCUT2D eigenvalue weighted by Crippen LogP contribution is -2.43. The second-order valence-corrected chi connectivity index (χ2v) is 6.89. The van der Waals surface area contributed by atoms with Crippen molar-refractivity contribution in [1.29, 1.82) is 0 Å². The number of carbonyl (C=O) groups is 1. The van der Waals surface area contributed by atoms with Crippen LogP contribution in [0.3, 0.4) is 0 Å². The number of hydrogen-bond donors (Lipinski definition) is 0. The Morgan fingerprint density at radius 3 is 1.71 bits per heavy atom. The van der Waals surface area contributed by atoms with E-state index in [9.17, 15) is 4.79 Å². The van der Waals surface area contributed by atoms with Crippen LogP contribution in [0, 0.1) is 0 Å². The number of hydrogen-bond acceptors (Lipinski definition) is 2. The second-order valence-electron chi connectivity index (χ2n) is 6.89. The zero-order chi connectivity index (χ0) is 16.8. The van der Waals surface area contributed by atoms with Gasteiger partial charge < -0.3 is 9.13 Å². The highest BCUT2D eigenvalue weighted by Gasteiger charge is 2.44. The van der Waals surface area contributed by atoms with Gasteiger partial charge in [0, 0.05) is 61.1 Å². The first-order valence-corrected chi connectivity index (χ1v) is 8.49. The monoisotopic (exact) mass is 321 g/mol. The summed E-state index contributed by atoms with van der Waals surface area (Å²) in [5.74, 6) is 0.211. The van der Waals surface area contributed by atoms with E-state index >= 15 is 0 Å². The quantitative estimate of drug-likeness (QED) is 0.796. The molecule has 124 valence electrons. The minimum atomic E-state index is 0.211. The summed E-state index contributed by atoms with van der Waals surface area (Å²) in [6.45, 7) is 0. The molecular weight excluding hydrogens is 298 g/mol. The van der Waals surface area contributed by atoms with Gasteiger partial charge in [0.25, 0.3) is 0 Å². The summed E-state index contributed by atoms with van der Waals surface area (Å²) in [6, 6.07) is 8.62. The Balaban J connectivity index is 1.81. The van der Waals surface area contributed by atoms with E-state index in [0.717, 1.165) is 35.4 Å². The largest absolute Gasteiger partial charge is 0.351 e. The van der Waals surface area contributed by atoms with Gasteiger partial charge in [-0.15, -0.1) is 0 Å². The number of piperidine rings is 1. The molecule has 2 aromatic heterocycles. The van der Waals surface area contributed by atoms with E-state index in [1.54, 1.807) is 0 Å². The maximum Gasteiger partial charge on any atom is 0.188 e. The zero-order valence-electron chi connectivity index (χ0n) is 14.4. The molecule has 2 fully saturated rings. The molecule has 0 N–H and O–H groups in total. The minimum Gasteiger partial charge on any atom is -0.351 e. The molecule has 2 saturated heterocycles. The van der Waals surface area contributed by atoms with Crippen molar-refractivity contribution in [3.8, 4) is 0 Å². The van der Waals surface area contributed by atoms with Gasteiger partial charge in [0.1, 0.15) is 0 Å². The van der Waals surface area contributed by atoms with Crippen LogP contribution in [-0.4, -0.2) is 38.9 Å². The first kappa shape index (κ1) is 15.2. The van der Waals surface area contributed by atoms with Crippen LogP contribution < -0.4 is 0 Å². The van der Waals surface area contributed by atoms with Crippen molar-refractivity contribution in [2.24, 2.45) is 14.1 Å². The molecule has 0 unspecified atom stereocenters. The highest BCUT2D eigenvalue weighted by atomic mass is 16.1. The number of likely N-dealkylation sites (N-methyl/N-ethyl adjacent to an activating group) is 1. The summed E-state index contributed by atoms with van der Waals surface area (Å²) >= 11 is 0. The van der Waals surface area contributed by atoms with E-state index in [1.165, 1.54) is 0 Å². The number of aromatic nitrogens is 2. The summed E-state index contributed by atoms with van der Waals surface area (Å²) in [5.41, 5.74) is 4.01. The molecule has 0 radical (unpaired) electrons. The third-order valence-electron chi connectivity index (χ3n) is 5.51. The molecule has 24 heavy (non-hydrogen) atoms. The first-order chi connectivity index (χ1) is 11.6. The molecule has 4 rings (SSSR count). The highest BCUT2D eigenvalue weighted by Crippen LogP contribution is 2.40. The average Bonchev–Trinajstić information content (AvgIpc) is 3.22. The van der Waals surface area contributed by atoms with Crippen LogP contribution >= 0.6 is 0 Å². The summed E-state index contributed by atoms with van der Waals surface area (Å²) < 4.78 is 4.11. The van der Waals surface area contributed by atoms with Gasteiger partial charge in [-0.05, 0) is 56.3 Å². The lowest BCUT2D eigenvalue weighted by Gasteiger charge is -2.34. The first-order valence-electron chi connectivity index (χ1n) is 8.49. The van der Waals surface area contributed by atoms with Gasteiger partial charge in [0.15, 0.2) is 5.78 Å². The van der Waals surface area contributed by atoms with Gasteiger partial charge in [-0.3, -0.25) is 9.69 Å². The molecule has 4 heterocycles. The Morgan fingerprint density at radius 1 is 0.875 bits per heavy atom. The van der Waals surface area contributed by atoms with Crippen LogP contribution in [0.2, 0.25) is 0 Å². The molecule has 0 aliphatic carbocycles. The molecule has 0 spiro atoms. The Hall–Kier alpha value is -2.33. The number of fused-ring (bicyclic) bond motifs is 2. The van der Waals surface area contributed by atoms with Crippen LogP contribution in [-0.2, 0) is 18.9 Å². The summed E-state index contributed by atoms with van der Waals surface area (Å²) in [6.07, 6.45) is 10.3. The number of nitrogens with zero attached hydrogens (tertiary/aromatic N) is 3. The highest BCUT2D eigenvalue weighted by molar-refractivity contribution is 6.16. The van der Waals surface area contributed by atoms with Gasteiger partial charge in [-0.1, -0.05) is 0 Å².